The summed E-state index contributed by atoms with van der Waals surface area (Å²) in [5.74, 6) is 1.40. The van der Waals surface area contributed by atoms with Crippen molar-refractivity contribution in [3.05, 3.63) is 34.9 Å². The van der Waals surface area contributed by atoms with Crippen molar-refractivity contribution in [1.29, 1.82) is 0 Å². The van der Waals surface area contributed by atoms with Crippen LogP contribution in [-0.4, -0.2) is 21.5 Å². The van der Waals surface area contributed by atoms with Crippen molar-refractivity contribution in [3.63, 3.8) is 0 Å². The lowest BCUT2D eigenvalue weighted by molar-refractivity contribution is 0.364. The number of hydrogen-bond donors (Lipinski definition) is 1. The van der Waals surface area contributed by atoms with Crippen LogP contribution < -0.4 is 5.32 Å². The maximum Gasteiger partial charge on any atom is 0.158 e. The summed E-state index contributed by atoms with van der Waals surface area (Å²) in [7, 11) is 0. The van der Waals surface area contributed by atoms with Gasteiger partial charge in [0.25, 0.3) is 0 Å². The molecule has 2 rings (SSSR count). The molecule has 98 valence electrons. The maximum absolute atomic E-state index is 5.79. The first-order valence-electron chi connectivity index (χ1n) is 5.96. The average molecular weight is 269 g/mol. The number of nitrogens with zero attached hydrogens (tertiary/aromatic N) is 3. The van der Waals surface area contributed by atoms with Crippen LogP contribution >= 0.6 is 11.6 Å². The van der Waals surface area contributed by atoms with E-state index in [1.165, 1.54) is 0 Å². The summed E-state index contributed by atoms with van der Waals surface area (Å²) >= 11 is 5.79. The number of rotatable bonds is 6. The summed E-state index contributed by atoms with van der Waals surface area (Å²) in [4.78, 5) is 0. The lowest BCUT2D eigenvalue weighted by Gasteiger charge is -2.04. The predicted octanol–water partition coefficient (Wildman–Crippen LogP) is 2.32. The molecule has 2 aromatic heterocycles. The van der Waals surface area contributed by atoms with Crippen LogP contribution in [0.5, 0.6) is 0 Å². The highest BCUT2D eigenvalue weighted by molar-refractivity contribution is 6.30. The highest BCUT2D eigenvalue weighted by Gasteiger charge is 2.06. The Morgan fingerprint density at radius 3 is 3.00 bits per heavy atom. The van der Waals surface area contributed by atoms with Gasteiger partial charge in [0.1, 0.15) is 6.54 Å². The summed E-state index contributed by atoms with van der Waals surface area (Å²) in [6, 6.07) is 1.93. The normalized spacial score (nSPS) is 11.3. The van der Waals surface area contributed by atoms with Crippen molar-refractivity contribution in [1.82, 2.24) is 20.3 Å². The number of nitrogens with one attached hydrogen (secondary N) is 1. The summed E-state index contributed by atoms with van der Waals surface area (Å²) < 4.78 is 6.96. The van der Waals surface area contributed by atoms with Crippen molar-refractivity contribution >= 4 is 11.6 Å². The molecule has 0 aliphatic carbocycles. The number of halogens is 1. The second kappa shape index (κ2) is 6.02. The second-order valence-corrected chi connectivity index (χ2v) is 5.10. The summed E-state index contributed by atoms with van der Waals surface area (Å²) in [6.45, 7) is 6.58. The van der Waals surface area contributed by atoms with Crippen LogP contribution in [0.4, 0.5) is 0 Å². The molecule has 2 heterocycles. The molecule has 0 spiro atoms. The van der Waals surface area contributed by atoms with E-state index in [4.69, 9.17) is 16.1 Å². The molecule has 0 fully saturated rings. The highest BCUT2D eigenvalue weighted by atomic mass is 35.5. The monoisotopic (exact) mass is 268 g/mol. The molecule has 18 heavy (non-hydrogen) atoms. The number of hydrogen-bond acceptors (Lipinski definition) is 4. The fourth-order valence-electron chi connectivity index (χ4n) is 1.59. The molecule has 0 radical (unpaired) electrons. The van der Waals surface area contributed by atoms with E-state index in [9.17, 15) is 0 Å². The van der Waals surface area contributed by atoms with Crippen LogP contribution in [0, 0.1) is 5.92 Å². The fourth-order valence-corrected chi connectivity index (χ4v) is 1.74. The van der Waals surface area contributed by atoms with Gasteiger partial charge in [-0.1, -0.05) is 30.6 Å². The summed E-state index contributed by atoms with van der Waals surface area (Å²) in [5.41, 5.74) is 0.906. The molecule has 2 aromatic rings. The van der Waals surface area contributed by atoms with Crippen LogP contribution in [0.2, 0.25) is 5.02 Å². The topological polar surface area (TPSA) is 55.9 Å². The minimum absolute atomic E-state index is 0.546. The third-order valence-electron chi connectivity index (χ3n) is 2.39. The average Bonchev–Trinajstić information content (AvgIpc) is 2.89. The van der Waals surface area contributed by atoms with E-state index in [0.717, 1.165) is 24.5 Å². The van der Waals surface area contributed by atoms with Gasteiger partial charge in [-0.3, -0.25) is 4.68 Å². The van der Waals surface area contributed by atoms with Gasteiger partial charge in [-0.15, -0.1) is 0 Å². The molecular weight excluding hydrogens is 252 g/mol. The third kappa shape index (κ3) is 3.85. The molecule has 0 amide bonds. The molecule has 0 saturated carbocycles. The Kier molecular flexibility index (Phi) is 4.38. The van der Waals surface area contributed by atoms with Gasteiger partial charge in [0, 0.05) is 18.8 Å². The molecule has 0 saturated heterocycles. The van der Waals surface area contributed by atoms with Crippen molar-refractivity contribution < 1.29 is 4.52 Å². The first kappa shape index (κ1) is 13.1. The largest absolute Gasteiger partial charge is 0.359 e. The maximum atomic E-state index is 5.79. The lowest BCUT2D eigenvalue weighted by atomic mass is 10.2. The Labute approximate surface area is 111 Å². The zero-order chi connectivity index (χ0) is 13.0. The SMILES string of the molecule is CC(C)CNCc1cc(Cn2cc(Cl)cn2)on1. The van der Waals surface area contributed by atoms with Crippen LogP contribution in [-0.2, 0) is 13.1 Å². The van der Waals surface area contributed by atoms with Gasteiger partial charge in [0.2, 0.25) is 0 Å². The fraction of sp³-hybridized carbons (Fsp3) is 0.500. The van der Waals surface area contributed by atoms with Crippen molar-refractivity contribution in [2.24, 2.45) is 5.92 Å². The van der Waals surface area contributed by atoms with Crippen LogP contribution in [0.1, 0.15) is 25.3 Å². The molecular formula is C12H17ClN4O. The minimum atomic E-state index is 0.546. The van der Waals surface area contributed by atoms with Crippen LogP contribution in [0.3, 0.4) is 0 Å². The molecule has 0 unspecified atom stereocenters. The highest BCUT2D eigenvalue weighted by Crippen LogP contribution is 2.09. The Hall–Kier alpha value is -1.33. The molecule has 0 aliphatic rings. The Morgan fingerprint density at radius 1 is 1.50 bits per heavy atom. The van der Waals surface area contributed by atoms with E-state index in [0.29, 0.717) is 17.5 Å². The Morgan fingerprint density at radius 2 is 2.33 bits per heavy atom. The first-order chi connectivity index (χ1) is 8.63. The molecule has 0 atom stereocenters. The van der Waals surface area contributed by atoms with E-state index in [1.54, 1.807) is 17.1 Å². The zero-order valence-corrected chi connectivity index (χ0v) is 11.3. The molecule has 6 heteroatoms. The van der Waals surface area contributed by atoms with Gasteiger partial charge >= 0.3 is 0 Å². The minimum Gasteiger partial charge on any atom is -0.359 e. The third-order valence-corrected chi connectivity index (χ3v) is 2.58. The molecule has 0 bridgehead atoms. The smallest absolute Gasteiger partial charge is 0.158 e. The predicted molar refractivity (Wildman–Crippen MR) is 69.4 cm³/mol. The van der Waals surface area contributed by atoms with E-state index < -0.39 is 0 Å². The van der Waals surface area contributed by atoms with Crippen LogP contribution in [0.15, 0.2) is 23.0 Å². The van der Waals surface area contributed by atoms with E-state index in [1.807, 2.05) is 6.07 Å². The van der Waals surface area contributed by atoms with Gasteiger partial charge in [-0.25, -0.2) is 0 Å². The summed E-state index contributed by atoms with van der Waals surface area (Å²) in [5, 5.41) is 12.0. The Bertz CT molecular complexity index is 492. The molecule has 0 aliphatic heterocycles. The van der Waals surface area contributed by atoms with Gasteiger partial charge in [-0.2, -0.15) is 5.10 Å². The second-order valence-electron chi connectivity index (χ2n) is 4.67. The van der Waals surface area contributed by atoms with Crippen molar-refractivity contribution in [3.8, 4) is 0 Å². The van der Waals surface area contributed by atoms with E-state index in [-0.39, 0.29) is 0 Å². The van der Waals surface area contributed by atoms with Crippen molar-refractivity contribution in [2.45, 2.75) is 26.9 Å². The summed E-state index contributed by atoms with van der Waals surface area (Å²) in [6.07, 6.45) is 3.35. The van der Waals surface area contributed by atoms with Gasteiger partial charge in [0.05, 0.1) is 16.9 Å². The molecule has 5 nitrogen and oxygen atoms in total. The quantitative estimate of drug-likeness (QED) is 0.874. The van der Waals surface area contributed by atoms with Gasteiger partial charge in [0.15, 0.2) is 5.76 Å². The number of aromatic nitrogens is 3. The molecule has 1 N–H and O–H groups in total. The van der Waals surface area contributed by atoms with Crippen molar-refractivity contribution in [2.75, 3.05) is 6.54 Å². The van der Waals surface area contributed by atoms with Gasteiger partial charge in [-0.05, 0) is 12.5 Å². The first-order valence-corrected chi connectivity index (χ1v) is 6.34. The van der Waals surface area contributed by atoms with E-state index >= 15 is 0 Å². The molecule has 0 aromatic carbocycles. The zero-order valence-electron chi connectivity index (χ0n) is 10.6. The van der Waals surface area contributed by atoms with E-state index in [2.05, 4.69) is 29.4 Å². The lowest BCUT2D eigenvalue weighted by Crippen LogP contribution is -2.19. The van der Waals surface area contributed by atoms with Gasteiger partial charge < -0.3 is 9.84 Å². The Balaban J connectivity index is 1.86. The standard InChI is InChI=1S/C12H17ClN4O/c1-9(2)4-14-6-11-3-12(18-16-11)8-17-7-10(13)5-15-17/h3,5,7,9,14H,4,6,8H2,1-2H3. The van der Waals surface area contributed by atoms with Crippen LogP contribution in [0.25, 0.3) is 0 Å².